The molecule has 0 atom stereocenters. The first-order valence-corrected chi connectivity index (χ1v) is 4.25. The van der Waals surface area contributed by atoms with Gasteiger partial charge in [-0.3, -0.25) is 0 Å². The molecular weight excluding hydrogens is 196 g/mol. The summed E-state index contributed by atoms with van der Waals surface area (Å²) >= 11 is 0. The van der Waals surface area contributed by atoms with Crippen molar-refractivity contribution in [2.45, 2.75) is 0 Å². The van der Waals surface area contributed by atoms with Crippen LogP contribution in [0, 0.1) is 0 Å². The van der Waals surface area contributed by atoms with Gasteiger partial charge in [-0.05, 0) is 24.3 Å². The lowest BCUT2D eigenvalue weighted by molar-refractivity contribution is 0.0693. The molecule has 0 saturated heterocycles. The molecule has 5 nitrogen and oxygen atoms in total. The monoisotopic (exact) mass is 204 g/mol. The van der Waals surface area contributed by atoms with Gasteiger partial charge in [0.2, 0.25) is 0 Å². The molecule has 1 heterocycles. The average Bonchev–Trinajstić information content (AvgIpc) is 2.71. The number of carbonyl (C=O) groups is 1. The van der Waals surface area contributed by atoms with Crippen LogP contribution >= 0.6 is 0 Å². The fourth-order valence-electron chi connectivity index (χ4n) is 1.26. The number of carboxylic acid groups (broad SMARTS) is 1. The highest BCUT2D eigenvalue weighted by Gasteiger charge is 2.10. The molecule has 0 radical (unpaired) electrons. The Balaban J connectivity index is 2.52. The molecule has 5 heteroatoms. The summed E-state index contributed by atoms with van der Waals surface area (Å²) < 4.78 is 1.52. The molecule has 0 bridgehead atoms. The van der Waals surface area contributed by atoms with Crippen LogP contribution < -0.4 is 0 Å². The number of aromatic hydroxyl groups is 1. The van der Waals surface area contributed by atoms with E-state index in [0.29, 0.717) is 5.69 Å². The van der Waals surface area contributed by atoms with Crippen LogP contribution in [-0.2, 0) is 0 Å². The molecule has 0 spiro atoms. The third kappa shape index (κ3) is 1.67. The fraction of sp³-hybridized carbons (Fsp3) is 0. The SMILES string of the molecule is O=C(O)c1cc(-n2cccn2)ccc1O. The van der Waals surface area contributed by atoms with E-state index < -0.39 is 5.97 Å². The molecule has 0 fully saturated rings. The lowest BCUT2D eigenvalue weighted by Crippen LogP contribution is -2.00. The van der Waals surface area contributed by atoms with Crippen LogP contribution in [0.2, 0.25) is 0 Å². The van der Waals surface area contributed by atoms with Gasteiger partial charge in [0.25, 0.3) is 0 Å². The molecule has 0 aliphatic carbocycles. The van der Waals surface area contributed by atoms with Gasteiger partial charge in [0.1, 0.15) is 11.3 Å². The molecular formula is C10H8N2O3. The zero-order chi connectivity index (χ0) is 10.8. The van der Waals surface area contributed by atoms with E-state index in [4.69, 9.17) is 5.11 Å². The van der Waals surface area contributed by atoms with E-state index in [1.165, 1.54) is 16.8 Å². The summed E-state index contributed by atoms with van der Waals surface area (Å²) in [5, 5.41) is 22.0. The molecule has 2 rings (SSSR count). The molecule has 0 unspecified atom stereocenters. The number of nitrogens with zero attached hydrogens (tertiary/aromatic N) is 2. The minimum absolute atomic E-state index is 0.136. The van der Waals surface area contributed by atoms with Gasteiger partial charge in [-0.25, -0.2) is 9.48 Å². The average molecular weight is 204 g/mol. The van der Waals surface area contributed by atoms with Crippen molar-refractivity contribution < 1.29 is 15.0 Å². The maximum atomic E-state index is 10.8. The van der Waals surface area contributed by atoms with E-state index in [1.807, 2.05) is 0 Å². The van der Waals surface area contributed by atoms with Gasteiger partial charge >= 0.3 is 5.97 Å². The first-order chi connectivity index (χ1) is 7.18. The van der Waals surface area contributed by atoms with Crippen molar-refractivity contribution >= 4 is 5.97 Å². The van der Waals surface area contributed by atoms with E-state index >= 15 is 0 Å². The summed E-state index contributed by atoms with van der Waals surface area (Å²) in [6, 6.07) is 6.02. The molecule has 0 aliphatic rings. The van der Waals surface area contributed by atoms with Crippen molar-refractivity contribution in [3.8, 4) is 11.4 Å². The van der Waals surface area contributed by atoms with Gasteiger partial charge in [-0.1, -0.05) is 0 Å². The largest absolute Gasteiger partial charge is 0.507 e. The van der Waals surface area contributed by atoms with Gasteiger partial charge in [0.05, 0.1) is 5.69 Å². The van der Waals surface area contributed by atoms with Crippen molar-refractivity contribution in [1.29, 1.82) is 0 Å². The molecule has 0 amide bonds. The Bertz CT molecular complexity index is 491. The normalized spacial score (nSPS) is 10.1. The quantitative estimate of drug-likeness (QED) is 0.772. The molecule has 0 saturated carbocycles. The number of benzene rings is 1. The molecule has 1 aromatic carbocycles. The minimum atomic E-state index is -1.17. The molecule has 1 aromatic heterocycles. The Morgan fingerprint density at radius 2 is 2.20 bits per heavy atom. The number of aromatic carboxylic acids is 1. The van der Waals surface area contributed by atoms with Crippen molar-refractivity contribution in [2.75, 3.05) is 0 Å². The van der Waals surface area contributed by atoms with Crippen molar-refractivity contribution in [3.63, 3.8) is 0 Å². The number of rotatable bonds is 2. The maximum absolute atomic E-state index is 10.8. The van der Waals surface area contributed by atoms with E-state index in [1.54, 1.807) is 24.5 Å². The van der Waals surface area contributed by atoms with Gasteiger partial charge in [0, 0.05) is 12.4 Å². The number of hydrogen-bond acceptors (Lipinski definition) is 3. The van der Waals surface area contributed by atoms with Gasteiger partial charge in [-0.15, -0.1) is 0 Å². The van der Waals surface area contributed by atoms with Crippen LogP contribution in [0.15, 0.2) is 36.7 Å². The summed E-state index contributed by atoms with van der Waals surface area (Å²) in [7, 11) is 0. The van der Waals surface area contributed by atoms with E-state index in [2.05, 4.69) is 5.10 Å². The molecule has 0 aliphatic heterocycles. The predicted molar refractivity (Wildman–Crippen MR) is 52.2 cm³/mol. The second-order valence-electron chi connectivity index (χ2n) is 2.96. The topological polar surface area (TPSA) is 75.3 Å². The zero-order valence-corrected chi connectivity index (χ0v) is 7.66. The maximum Gasteiger partial charge on any atom is 0.339 e. The second kappa shape index (κ2) is 3.45. The van der Waals surface area contributed by atoms with Crippen LogP contribution in [-0.4, -0.2) is 26.0 Å². The van der Waals surface area contributed by atoms with E-state index in [9.17, 15) is 9.90 Å². The highest BCUT2D eigenvalue weighted by molar-refractivity contribution is 5.91. The highest BCUT2D eigenvalue weighted by atomic mass is 16.4. The van der Waals surface area contributed by atoms with Crippen LogP contribution in [0.25, 0.3) is 5.69 Å². The lowest BCUT2D eigenvalue weighted by Gasteiger charge is -2.04. The Kier molecular flexibility index (Phi) is 2.13. The van der Waals surface area contributed by atoms with Crippen LogP contribution in [0.1, 0.15) is 10.4 Å². The number of aromatic nitrogens is 2. The Labute approximate surface area is 85.2 Å². The Morgan fingerprint density at radius 3 is 2.80 bits per heavy atom. The molecule has 2 N–H and O–H groups in total. The second-order valence-corrected chi connectivity index (χ2v) is 2.96. The lowest BCUT2D eigenvalue weighted by atomic mass is 10.2. The van der Waals surface area contributed by atoms with Crippen LogP contribution in [0.3, 0.4) is 0 Å². The summed E-state index contributed by atoms with van der Waals surface area (Å²) in [6.07, 6.45) is 3.28. The van der Waals surface area contributed by atoms with Gasteiger partial charge < -0.3 is 10.2 Å². The molecule has 76 valence electrons. The van der Waals surface area contributed by atoms with E-state index in [-0.39, 0.29) is 11.3 Å². The molecule has 2 aromatic rings. The Morgan fingerprint density at radius 1 is 1.40 bits per heavy atom. The van der Waals surface area contributed by atoms with Gasteiger partial charge in [-0.2, -0.15) is 5.10 Å². The zero-order valence-electron chi connectivity index (χ0n) is 7.66. The first kappa shape index (κ1) is 9.26. The van der Waals surface area contributed by atoms with Crippen molar-refractivity contribution in [2.24, 2.45) is 0 Å². The smallest absolute Gasteiger partial charge is 0.339 e. The third-order valence-corrected chi connectivity index (χ3v) is 1.98. The van der Waals surface area contributed by atoms with E-state index in [0.717, 1.165) is 0 Å². The summed E-state index contributed by atoms with van der Waals surface area (Å²) in [5.41, 5.74) is 0.457. The molecule has 15 heavy (non-hydrogen) atoms. The number of hydrogen-bond donors (Lipinski definition) is 2. The van der Waals surface area contributed by atoms with Gasteiger partial charge in [0.15, 0.2) is 0 Å². The first-order valence-electron chi connectivity index (χ1n) is 4.25. The fourth-order valence-corrected chi connectivity index (χ4v) is 1.26. The summed E-state index contributed by atoms with van der Waals surface area (Å²) in [4.78, 5) is 10.8. The Hall–Kier alpha value is -2.30. The summed E-state index contributed by atoms with van der Waals surface area (Å²) in [6.45, 7) is 0. The van der Waals surface area contributed by atoms with Crippen molar-refractivity contribution in [3.05, 3.63) is 42.2 Å². The highest BCUT2D eigenvalue weighted by Crippen LogP contribution is 2.20. The van der Waals surface area contributed by atoms with Crippen molar-refractivity contribution in [1.82, 2.24) is 9.78 Å². The number of phenols is 1. The van der Waals surface area contributed by atoms with Crippen LogP contribution in [0.5, 0.6) is 5.75 Å². The third-order valence-electron chi connectivity index (χ3n) is 1.98. The standard InChI is InChI=1S/C10H8N2O3/c13-9-3-2-7(6-8(9)10(14)15)12-5-1-4-11-12/h1-6,13H,(H,14,15). The predicted octanol–water partition coefficient (Wildman–Crippen LogP) is 1.28. The number of carboxylic acids is 1. The minimum Gasteiger partial charge on any atom is -0.507 e. The summed E-state index contributed by atoms with van der Waals surface area (Å²) in [5.74, 6) is -1.42. The van der Waals surface area contributed by atoms with Crippen LogP contribution in [0.4, 0.5) is 0 Å².